The first-order valence-corrected chi connectivity index (χ1v) is 13.9. The molecule has 2 N–H and O–H groups in total. The average Bonchev–Trinajstić information content (AvgIpc) is 2.84. The number of likely N-dealkylation sites (N-methyl/N-ethyl adjacent to an activating group) is 1. The summed E-state index contributed by atoms with van der Waals surface area (Å²) in [5, 5.41) is 19.3. The minimum Gasteiger partial charge on any atom is -0.487 e. The van der Waals surface area contributed by atoms with Crippen LogP contribution in [0.5, 0.6) is 5.75 Å². The van der Waals surface area contributed by atoms with Gasteiger partial charge in [0.15, 0.2) is 0 Å². The summed E-state index contributed by atoms with van der Waals surface area (Å²) in [6, 6.07) is 3.98. The minimum absolute atomic E-state index is 0.00134. The van der Waals surface area contributed by atoms with Crippen LogP contribution in [0.15, 0.2) is 23.1 Å². The first kappa shape index (κ1) is 27.5. The van der Waals surface area contributed by atoms with Crippen LogP contribution < -0.4 is 4.74 Å². The Bertz CT molecular complexity index is 1060. The van der Waals surface area contributed by atoms with E-state index in [1.165, 1.54) is 16.8 Å². The van der Waals surface area contributed by atoms with Crippen LogP contribution in [-0.4, -0.2) is 78.7 Å². The summed E-state index contributed by atoms with van der Waals surface area (Å²) >= 11 is 0. The highest BCUT2D eigenvalue weighted by molar-refractivity contribution is 7.89. The maximum Gasteiger partial charge on any atom is 0.247 e. The molecule has 1 heterocycles. The first-order valence-electron chi connectivity index (χ1n) is 12.4. The number of carbonyl (C=O) groups is 1. The van der Waals surface area contributed by atoms with Gasteiger partial charge in [0.1, 0.15) is 22.9 Å². The Hall–Kier alpha value is -2.12. The van der Waals surface area contributed by atoms with E-state index < -0.39 is 28.3 Å². The molecule has 8 nitrogen and oxygen atoms in total. The summed E-state index contributed by atoms with van der Waals surface area (Å²) in [6.45, 7) is 5.28. The molecule has 1 aliphatic heterocycles. The number of amides is 1. The fourth-order valence-corrected chi connectivity index (χ4v) is 6.56. The van der Waals surface area contributed by atoms with E-state index in [2.05, 4.69) is 11.8 Å². The van der Waals surface area contributed by atoms with E-state index in [9.17, 15) is 23.4 Å². The van der Waals surface area contributed by atoms with Crippen LogP contribution in [-0.2, 0) is 14.8 Å². The lowest BCUT2D eigenvalue weighted by molar-refractivity contribution is -0.136. The van der Waals surface area contributed by atoms with Gasteiger partial charge in [0.2, 0.25) is 15.9 Å². The van der Waals surface area contributed by atoms with E-state index in [0.717, 1.165) is 25.7 Å². The van der Waals surface area contributed by atoms with Crippen LogP contribution in [0.25, 0.3) is 0 Å². The molecule has 0 saturated heterocycles. The quantitative estimate of drug-likeness (QED) is 0.593. The molecule has 2 aliphatic rings. The van der Waals surface area contributed by atoms with Gasteiger partial charge in [-0.1, -0.05) is 38.0 Å². The summed E-state index contributed by atoms with van der Waals surface area (Å²) in [5.74, 6) is 5.54. The van der Waals surface area contributed by atoms with Gasteiger partial charge >= 0.3 is 0 Å². The second-order valence-electron chi connectivity index (χ2n) is 9.90. The summed E-state index contributed by atoms with van der Waals surface area (Å²) in [5.41, 5.74) is 0.514. The van der Waals surface area contributed by atoms with Crippen LogP contribution in [0, 0.1) is 23.7 Å². The summed E-state index contributed by atoms with van der Waals surface area (Å²) in [6.07, 6.45) is 3.81. The Morgan fingerprint density at radius 3 is 2.57 bits per heavy atom. The van der Waals surface area contributed by atoms with Crippen molar-refractivity contribution in [3.05, 3.63) is 23.8 Å². The second kappa shape index (κ2) is 11.7. The van der Waals surface area contributed by atoms with Crippen molar-refractivity contribution in [2.24, 2.45) is 11.8 Å². The van der Waals surface area contributed by atoms with E-state index in [1.54, 1.807) is 37.9 Å². The van der Waals surface area contributed by atoms with Crippen molar-refractivity contribution in [3.8, 4) is 17.6 Å². The van der Waals surface area contributed by atoms with Crippen molar-refractivity contribution in [2.45, 2.75) is 76.0 Å². The highest BCUT2D eigenvalue weighted by Gasteiger charge is 2.38. The Morgan fingerprint density at radius 2 is 1.94 bits per heavy atom. The molecule has 0 spiro atoms. The lowest BCUT2D eigenvalue weighted by Crippen LogP contribution is -2.50. The molecule has 0 radical (unpaired) electrons. The molecule has 1 amide bonds. The van der Waals surface area contributed by atoms with Crippen molar-refractivity contribution in [2.75, 3.05) is 26.7 Å². The molecular weight excluding hydrogens is 468 g/mol. The molecule has 194 valence electrons. The van der Waals surface area contributed by atoms with E-state index in [0.29, 0.717) is 12.1 Å². The molecule has 35 heavy (non-hydrogen) atoms. The maximum atomic E-state index is 13.5. The summed E-state index contributed by atoms with van der Waals surface area (Å²) in [4.78, 5) is 14.8. The Balaban J connectivity index is 1.97. The third-order valence-electron chi connectivity index (χ3n) is 6.88. The first-order chi connectivity index (χ1) is 16.5. The molecule has 4 atom stereocenters. The number of nitrogens with zero attached hydrogens (tertiary/aromatic N) is 2. The zero-order valence-electron chi connectivity index (χ0n) is 21.1. The van der Waals surface area contributed by atoms with E-state index >= 15 is 0 Å². The SMILES string of the molecule is C[C@H](O)C#Cc1ccc2c(c1)O[C@@H](CN(C)C(=O)C1CCCCC1)[C@@H](C)CN([C@H](C)CO)S2(=O)=O. The minimum atomic E-state index is -3.95. The third-order valence-corrected chi connectivity index (χ3v) is 8.90. The monoisotopic (exact) mass is 506 g/mol. The molecular formula is C26H38N2O6S. The third kappa shape index (κ3) is 6.56. The summed E-state index contributed by atoms with van der Waals surface area (Å²) < 4.78 is 34.7. The molecule has 0 aromatic heterocycles. The fourth-order valence-electron chi connectivity index (χ4n) is 4.73. The Morgan fingerprint density at radius 1 is 1.26 bits per heavy atom. The zero-order chi connectivity index (χ0) is 25.8. The van der Waals surface area contributed by atoms with Crippen molar-refractivity contribution in [3.63, 3.8) is 0 Å². The van der Waals surface area contributed by atoms with Gasteiger partial charge in [-0.3, -0.25) is 4.79 Å². The van der Waals surface area contributed by atoms with Gasteiger partial charge in [-0.2, -0.15) is 4.31 Å². The smallest absolute Gasteiger partial charge is 0.247 e. The largest absolute Gasteiger partial charge is 0.487 e. The molecule has 1 fully saturated rings. The van der Waals surface area contributed by atoms with Crippen LogP contribution in [0.1, 0.15) is 58.4 Å². The van der Waals surface area contributed by atoms with Crippen molar-refractivity contribution < 1.29 is 28.2 Å². The van der Waals surface area contributed by atoms with Crippen molar-refractivity contribution >= 4 is 15.9 Å². The lowest BCUT2D eigenvalue weighted by atomic mass is 9.88. The highest BCUT2D eigenvalue weighted by Crippen LogP contribution is 2.34. The Labute approximate surface area is 209 Å². The normalized spacial score (nSPS) is 24.5. The highest BCUT2D eigenvalue weighted by atomic mass is 32.2. The van der Waals surface area contributed by atoms with Gasteiger partial charge in [0, 0.05) is 37.0 Å². The number of carbonyl (C=O) groups excluding carboxylic acids is 1. The van der Waals surface area contributed by atoms with Crippen LogP contribution in [0.2, 0.25) is 0 Å². The number of hydrogen-bond donors (Lipinski definition) is 2. The number of aliphatic hydroxyl groups is 2. The predicted molar refractivity (Wildman–Crippen MR) is 133 cm³/mol. The molecule has 1 saturated carbocycles. The standard InChI is InChI=1S/C26H38N2O6S/c1-18-15-28(19(2)17-29)35(32,33)25-13-12-21(11-10-20(3)30)14-23(25)34-24(18)16-27(4)26(31)22-8-6-5-7-9-22/h12-14,18-20,22,24,29-30H,5-9,15-17H2,1-4H3/t18-,19+,20-,24-/m0/s1. The second-order valence-corrected chi connectivity index (χ2v) is 11.8. The van der Waals surface area contributed by atoms with Gasteiger partial charge in [-0.25, -0.2) is 8.42 Å². The van der Waals surface area contributed by atoms with Gasteiger partial charge in [0.05, 0.1) is 13.2 Å². The number of hydrogen-bond acceptors (Lipinski definition) is 6. The van der Waals surface area contributed by atoms with Gasteiger partial charge in [-0.15, -0.1) is 0 Å². The predicted octanol–water partition coefficient (Wildman–Crippen LogP) is 2.23. The number of rotatable bonds is 5. The molecule has 3 rings (SSSR count). The van der Waals surface area contributed by atoms with E-state index in [-0.39, 0.29) is 41.5 Å². The number of ether oxygens (including phenoxy) is 1. The number of benzene rings is 1. The van der Waals surface area contributed by atoms with E-state index in [4.69, 9.17) is 4.74 Å². The van der Waals surface area contributed by atoms with E-state index in [1.807, 2.05) is 6.92 Å². The number of sulfonamides is 1. The lowest BCUT2D eigenvalue weighted by Gasteiger charge is -2.38. The molecule has 1 aromatic rings. The van der Waals surface area contributed by atoms with Crippen molar-refractivity contribution in [1.82, 2.24) is 9.21 Å². The fraction of sp³-hybridized carbons (Fsp3) is 0.654. The van der Waals surface area contributed by atoms with Gasteiger partial charge < -0.3 is 19.8 Å². The molecule has 1 aromatic carbocycles. The van der Waals surface area contributed by atoms with Crippen LogP contribution >= 0.6 is 0 Å². The number of fused-ring (bicyclic) bond motifs is 1. The molecule has 0 unspecified atom stereocenters. The Kier molecular flexibility index (Phi) is 9.22. The van der Waals surface area contributed by atoms with Crippen LogP contribution in [0.3, 0.4) is 0 Å². The molecule has 9 heteroatoms. The van der Waals surface area contributed by atoms with Crippen LogP contribution in [0.4, 0.5) is 0 Å². The topological polar surface area (TPSA) is 107 Å². The zero-order valence-corrected chi connectivity index (χ0v) is 21.9. The maximum absolute atomic E-state index is 13.5. The summed E-state index contributed by atoms with van der Waals surface area (Å²) in [7, 11) is -2.17. The number of aliphatic hydroxyl groups excluding tert-OH is 2. The van der Waals surface area contributed by atoms with Gasteiger partial charge in [0.25, 0.3) is 0 Å². The molecule has 1 aliphatic carbocycles. The average molecular weight is 507 g/mol. The van der Waals surface area contributed by atoms with Gasteiger partial charge in [-0.05, 0) is 44.9 Å². The van der Waals surface area contributed by atoms with Crippen molar-refractivity contribution in [1.29, 1.82) is 0 Å². The molecule has 0 bridgehead atoms.